The number of rotatable bonds is 7. The van der Waals surface area contributed by atoms with Gasteiger partial charge < -0.3 is 4.74 Å². The number of ether oxygens (including phenoxy) is 1. The Bertz CT molecular complexity index is 311. The van der Waals surface area contributed by atoms with Gasteiger partial charge in [-0.25, -0.2) is 0 Å². The highest BCUT2D eigenvalue weighted by Crippen LogP contribution is 2.28. The zero-order chi connectivity index (χ0) is 12.7. The molecular weight excluding hydrogens is 252 g/mol. The van der Waals surface area contributed by atoms with E-state index in [1.165, 1.54) is 0 Å². The Morgan fingerprint density at radius 2 is 1.76 bits per heavy atom. The van der Waals surface area contributed by atoms with Crippen molar-refractivity contribution in [1.29, 1.82) is 0 Å². The van der Waals surface area contributed by atoms with Crippen LogP contribution in [0.15, 0.2) is 24.3 Å². The van der Waals surface area contributed by atoms with Crippen LogP contribution in [0.3, 0.4) is 0 Å². The van der Waals surface area contributed by atoms with Gasteiger partial charge in [-0.1, -0.05) is 37.6 Å². The molecule has 0 heterocycles. The quantitative estimate of drug-likeness (QED) is 0.714. The van der Waals surface area contributed by atoms with Gasteiger partial charge in [-0.15, -0.1) is 0 Å². The van der Waals surface area contributed by atoms with Crippen molar-refractivity contribution < 1.29 is 4.74 Å². The molecule has 0 spiro atoms. The van der Waals surface area contributed by atoms with Gasteiger partial charge in [0.15, 0.2) is 0 Å². The maximum absolute atomic E-state index is 5.83. The second-order valence-corrected chi connectivity index (χ2v) is 5.24. The van der Waals surface area contributed by atoms with Gasteiger partial charge in [0.1, 0.15) is 0 Å². The summed E-state index contributed by atoms with van der Waals surface area (Å²) in [4.78, 5) is 0. The standard InChI is InChI=1S/C14H21ClOS/c1-3-14(4-2,11-17)10-16-9-12-5-7-13(15)8-6-12/h5-8,17H,3-4,9-11H2,1-2H3. The van der Waals surface area contributed by atoms with Crippen molar-refractivity contribution in [2.45, 2.75) is 33.3 Å². The highest BCUT2D eigenvalue weighted by atomic mass is 35.5. The first-order valence-electron chi connectivity index (χ1n) is 6.09. The summed E-state index contributed by atoms with van der Waals surface area (Å²) in [6.45, 7) is 5.82. The lowest BCUT2D eigenvalue weighted by Gasteiger charge is -2.29. The molecule has 3 heteroatoms. The van der Waals surface area contributed by atoms with Crippen molar-refractivity contribution in [2.75, 3.05) is 12.4 Å². The molecule has 1 aromatic rings. The van der Waals surface area contributed by atoms with Crippen LogP contribution in [0.1, 0.15) is 32.3 Å². The summed E-state index contributed by atoms with van der Waals surface area (Å²) in [5.74, 6) is 0.876. The smallest absolute Gasteiger partial charge is 0.0717 e. The molecule has 0 fully saturated rings. The van der Waals surface area contributed by atoms with Gasteiger partial charge in [0, 0.05) is 10.4 Å². The molecule has 0 aliphatic carbocycles. The highest BCUT2D eigenvalue weighted by molar-refractivity contribution is 7.80. The van der Waals surface area contributed by atoms with Gasteiger partial charge >= 0.3 is 0 Å². The van der Waals surface area contributed by atoms with E-state index in [4.69, 9.17) is 16.3 Å². The second kappa shape index (κ2) is 7.30. The van der Waals surface area contributed by atoms with E-state index < -0.39 is 0 Å². The first kappa shape index (κ1) is 14.9. The minimum absolute atomic E-state index is 0.218. The molecule has 17 heavy (non-hydrogen) atoms. The van der Waals surface area contributed by atoms with Crippen LogP contribution >= 0.6 is 24.2 Å². The van der Waals surface area contributed by atoms with Gasteiger partial charge in [-0.3, -0.25) is 0 Å². The first-order valence-corrected chi connectivity index (χ1v) is 7.10. The number of halogens is 1. The first-order chi connectivity index (χ1) is 8.15. The van der Waals surface area contributed by atoms with Crippen molar-refractivity contribution in [3.05, 3.63) is 34.9 Å². The van der Waals surface area contributed by atoms with E-state index in [1.54, 1.807) is 0 Å². The molecule has 0 saturated carbocycles. The zero-order valence-corrected chi connectivity index (χ0v) is 12.2. The van der Waals surface area contributed by atoms with E-state index in [1.807, 2.05) is 24.3 Å². The van der Waals surface area contributed by atoms with Crippen LogP contribution < -0.4 is 0 Å². The molecule has 0 saturated heterocycles. The topological polar surface area (TPSA) is 9.23 Å². The molecule has 1 nitrogen and oxygen atoms in total. The van der Waals surface area contributed by atoms with Gasteiger partial charge in [0.25, 0.3) is 0 Å². The normalized spacial score (nSPS) is 11.8. The molecule has 0 bridgehead atoms. The van der Waals surface area contributed by atoms with Crippen molar-refractivity contribution in [2.24, 2.45) is 5.41 Å². The van der Waals surface area contributed by atoms with Crippen molar-refractivity contribution in [3.8, 4) is 0 Å². The molecule has 0 amide bonds. The maximum Gasteiger partial charge on any atom is 0.0717 e. The van der Waals surface area contributed by atoms with Crippen LogP contribution in [0.2, 0.25) is 5.02 Å². The SMILES string of the molecule is CCC(CC)(CS)COCc1ccc(Cl)cc1. The fourth-order valence-electron chi connectivity index (χ4n) is 1.69. The minimum atomic E-state index is 0.218. The highest BCUT2D eigenvalue weighted by Gasteiger charge is 2.24. The van der Waals surface area contributed by atoms with Gasteiger partial charge in [-0.05, 0) is 36.3 Å². The monoisotopic (exact) mass is 272 g/mol. The second-order valence-electron chi connectivity index (χ2n) is 4.48. The van der Waals surface area contributed by atoms with Crippen LogP contribution in [-0.4, -0.2) is 12.4 Å². The Morgan fingerprint density at radius 1 is 1.18 bits per heavy atom. The van der Waals surface area contributed by atoms with Crippen LogP contribution in [0, 0.1) is 5.41 Å². The summed E-state index contributed by atoms with van der Waals surface area (Å²) < 4.78 is 5.81. The molecule has 0 aromatic heterocycles. The summed E-state index contributed by atoms with van der Waals surface area (Å²) in [6, 6.07) is 7.79. The van der Waals surface area contributed by atoms with Gasteiger partial charge in [0.2, 0.25) is 0 Å². The summed E-state index contributed by atoms with van der Waals surface area (Å²) in [7, 11) is 0. The number of benzene rings is 1. The lowest BCUT2D eigenvalue weighted by Crippen LogP contribution is -2.27. The Hall–Kier alpha value is -0.180. The Balaban J connectivity index is 2.43. The van der Waals surface area contributed by atoms with E-state index in [0.29, 0.717) is 6.61 Å². The Kier molecular flexibility index (Phi) is 6.39. The van der Waals surface area contributed by atoms with Crippen LogP contribution in [0.5, 0.6) is 0 Å². The van der Waals surface area contributed by atoms with Crippen LogP contribution in [-0.2, 0) is 11.3 Å². The summed E-state index contributed by atoms with van der Waals surface area (Å²) in [6.07, 6.45) is 2.21. The molecular formula is C14H21ClOS. The fraction of sp³-hybridized carbons (Fsp3) is 0.571. The Morgan fingerprint density at radius 3 is 2.24 bits per heavy atom. The van der Waals surface area contributed by atoms with E-state index in [2.05, 4.69) is 26.5 Å². The summed E-state index contributed by atoms with van der Waals surface area (Å²) >= 11 is 10.3. The predicted molar refractivity (Wildman–Crippen MR) is 78.0 cm³/mol. The Labute approximate surface area is 115 Å². The predicted octanol–water partition coefficient (Wildman–Crippen LogP) is 4.59. The van der Waals surface area contributed by atoms with E-state index in [0.717, 1.165) is 35.8 Å². The molecule has 1 rings (SSSR count). The molecule has 0 atom stereocenters. The average molecular weight is 273 g/mol. The lowest BCUT2D eigenvalue weighted by atomic mass is 9.85. The molecule has 0 unspecified atom stereocenters. The third-order valence-corrected chi connectivity index (χ3v) is 4.35. The lowest BCUT2D eigenvalue weighted by molar-refractivity contribution is 0.0408. The molecule has 0 N–H and O–H groups in total. The van der Waals surface area contributed by atoms with Crippen molar-refractivity contribution in [1.82, 2.24) is 0 Å². The molecule has 0 radical (unpaired) electrons. The van der Waals surface area contributed by atoms with Crippen LogP contribution in [0.25, 0.3) is 0 Å². The van der Waals surface area contributed by atoms with Gasteiger partial charge in [0.05, 0.1) is 13.2 Å². The number of hydrogen-bond donors (Lipinski definition) is 1. The van der Waals surface area contributed by atoms with Crippen molar-refractivity contribution >= 4 is 24.2 Å². The van der Waals surface area contributed by atoms with E-state index in [-0.39, 0.29) is 5.41 Å². The number of thiol groups is 1. The number of hydrogen-bond acceptors (Lipinski definition) is 2. The zero-order valence-electron chi connectivity index (χ0n) is 10.6. The van der Waals surface area contributed by atoms with Crippen molar-refractivity contribution in [3.63, 3.8) is 0 Å². The molecule has 96 valence electrons. The third-order valence-electron chi connectivity index (χ3n) is 3.43. The third kappa shape index (κ3) is 4.53. The minimum Gasteiger partial charge on any atom is -0.376 e. The van der Waals surface area contributed by atoms with E-state index in [9.17, 15) is 0 Å². The van der Waals surface area contributed by atoms with E-state index >= 15 is 0 Å². The molecule has 1 aromatic carbocycles. The fourth-order valence-corrected chi connectivity index (χ4v) is 2.35. The average Bonchev–Trinajstić information content (AvgIpc) is 2.38. The molecule has 0 aliphatic rings. The van der Waals surface area contributed by atoms with Crippen LogP contribution in [0.4, 0.5) is 0 Å². The summed E-state index contributed by atoms with van der Waals surface area (Å²) in [5.41, 5.74) is 1.38. The van der Waals surface area contributed by atoms with Gasteiger partial charge in [-0.2, -0.15) is 12.6 Å². The largest absolute Gasteiger partial charge is 0.376 e. The maximum atomic E-state index is 5.83. The molecule has 0 aliphatic heterocycles. The summed E-state index contributed by atoms with van der Waals surface area (Å²) in [5, 5.41) is 0.764.